The average molecular weight is 427 g/mol. The van der Waals surface area contributed by atoms with E-state index in [0.717, 1.165) is 40.0 Å². The number of hydrogen-bond donors (Lipinski definition) is 2. The molecule has 0 fully saturated rings. The van der Waals surface area contributed by atoms with E-state index < -0.39 is 0 Å². The highest BCUT2D eigenvalue weighted by Gasteiger charge is 2.15. The van der Waals surface area contributed by atoms with Gasteiger partial charge in [-0.1, -0.05) is 41.2 Å². The van der Waals surface area contributed by atoms with E-state index in [2.05, 4.69) is 45.4 Å². The second-order valence-electron chi connectivity index (χ2n) is 7.63. The Morgan fingerprint density at radius 3 is 2.81 bits per heavy atom. The number of amides is 1. The van der Waals surface area contributed by atoms with E-state index in [9.17, 15) is 4.79 Å². The number of anilines is 1. The van der Waals surface area contributed by atoms with E-state index in [-0.39, 0.29) is 5.91 Å². The molecule has 6 heteroatoms. The van der Waals surface area contributed by atoms with Crippen molar-refractivity contribution >= 4 is 43.5 Å². The normalized spacial score (nSPS) is 11.3. The predicted molar refractivity (Wildman–Crippen MR) is 127 cm³/mol. The van der Waals surface area contributed by atoms with Crippen LogP contribution < -0.4 is 5.32 Å². The molecule has 0 unspecified atom stereocenters. The Hall–Kier alpha value is -3.51. The van der Waals surface area contributed by atoms with Crippen LogP contribution in [-0.4, -0.2) is 20.9 Å². The van der Waals surface area contributed by atoms with E-state index in [0.29, 0.717) is 11.6 Å². The Balaban J connectivity index is 1.33. The number of benzene rings is 2. The lowest BCUT2D eigenvalue weighted by Gasteiger charge is -2.06. The number of rotatable bonds is 6. The summed E-state index contributed by atoms with van der Waals surface area (Å²) in [5.74, 6) is -0.00513. The summed E-state index contributed by atoms with van der Waals surface area (Å²) in [6.07, 6.45) is 3.79. The third-order valence-corrected chi connectivity index (χ3v) is 6.31. The van der Waals surface area contributed by atoms with Gasteiger partial charge in [0.15, 0.2) is 5.13 Å². The number of para-hydroxylation sites is 1. The molecule has 0 aliphatic heterocycles. The van der Waals surface area contributed by atoms with Crippen molar-refractivity contribution < 1.29 is 4.79 Å². The van der Waals surface area contributed by atoms with E-state index in [1.54, 1.807) is 6.20 Å². The maximum absolute atomic E-state index is 12.5. The highest BCUT2D eigenvalue weighted by Crippen LogP contribution is 2.31. The molecule has 3 heterocycles. The zero-order valence-corrected chi connectivity index (χ0v) is 18.0. The lowest BCUT2D eigenvalue weighted by molar-refractivity contribution is -0.116. The van der Waals surface area contributed by atoms with Gasteiger partial charge in [0.2, 0.25) is 5.91 Å². The van der Waals surface area contributed by atoms with Crippen LogP contribution in [0.5, 0.6) is 0 Å². The maximum Gasteiger partial charge on any atom is 0.226 e. The summed E-state index contributed by atoms with van der Waals surface area (Å²) in [6.45, 7) is 2.10. The van der Waals surface area contributed by atoms with Gasteiger partial charge in [-0.05, 0) is 61.7 Å². The number of fused-ring (bicyclic) bond motifs is 2. The van der Waals surface area contributed by atoms with Crippen molar-refractivity contribution in [3.05, 3.63) is 78.0 Å². The SMILES string of the molecule is Cc1ccc2[nH]c(-c3ccccn3)c(CCCC(=O)Nc3nc4ccccc4s3)c2c1. The number of pyridine rings is 1. The fraction of sp³-hybridized carbons (Fsp3) is 0.160. The van der Waals surface area contributed by atoms with Gasteiger partial charge in [-0.2, -0.15) is 0 Å². The van der Waals surface area contributed by atoms with Gasteiger partial charge >= 0.3 is 0 Å². The minimum absolute atomic E-state index is 0.00513. The lowest BCUT2D eigenvalue weighted by Crippen LogP contribution is -2.11. The first-order valence-corrected chi connectivity index (χ1v) is 11.2. The van der Waals surface area contributed by atoms with E-state index >= 15 is 0 Å². The minimum Gasteiger partial charge on any atom is -0.353 e. The standard InChI is InChI=1S/C25H22N4OS/c1-16-12-13-19-18(15-16)17(24(27-19)21-9-4-5-14-26-21)7-6-11-23(30)29-25-28-20-8-2-3-10-22(20)31-25/h2-5,8-10,12-15,27H,6-7,11H2,1H3,(H,28,29,30). The van der Waals surface area contributed by atoms with Gasteiger partial charge in [0.1, 0.15) is 0 Å². The molecule has 2 aromatic carbocycles. The van der Waals surface area contributed by atoms with E-state index in [1.807, 2.05) is 42.5 Å². The van der Waals surface area contributed by atoms with Crippen molar-refractivity contribution in [1.82, 2.24) is 15.0 Å². The highest BCUT2D eigenvalue weighted by atomic mass is 32.1. The van der Waals surface area contributed by atoms with E-state index in [4.69, 9.17) is 0 Å². The monoisotopic (exact) mass is 426 g/mol. The van der Waals surface area contributed by atoms with Crippen molar-refractivity contribution in [1.29, 1.82) is 0 Å². The summed E-state index contributed by atoms with van der Waals surface area (Å²) < 4.78 is 1.08. The number of H-pyrrole nitrogens is 1. The molecule has 0 bridgehead atoms. The Morgan fingerprint density at radius 2 is 1.97 bits per heavy atom. The molecule has 0 atom stereocenters. The Labute approximate surface area is 184 Å². The van der Waals surface area contributed by atoms with Crippen LogP contribution in [0, 0.1) is 6.92 Å². The summed E-state index contributed by atoms with van der Waals surface area (Å²) in [4.78, 5) is 25.1. The van der Waals surface area contributed by atoms with Crippen molar-refractivity contribution in [3.63, 3.8) is 0 Å². The third-order valence-electron chi connectivity index (χ3n) is 5.35. The molecule has 5 nitrogen and oxygen atoms in total. The van der Waals surface area contributed by atoms with Crippen LogP contribution in [0.15, 0.2) is 66.9 Å². The number of carbonyl (C=O) groups is 1. The second-order valence-corrected chi connectivity index (χ2v) is 8.66. The third kappa shape index (κ3) is 4.07. The van der Waals surface area contributed by atoms with Crippen LogP contribution in [0.3, 0.4) is 0 Å². The molecule has 154 valence electrons. The van der Waals surface area contributed by atoms with Gasteiger partial charge in [-0.15, -0.1) is 0 Å². The van der Waals surface area contributed by atoms with Crippen LogP contribution in [0.4, 0.5) is 5.13 Å². The molecule has 0 saturated carbocycles. The first-order valence-electron chi connectivity index (χ1n) is 10.4. The molecule has 5 rings (SSSR count). The van der Waals surface area contributed by atoms with E-state index in [1.165, 1.54) is 27.8 Å². The first-order chi connectivity index (χ1) is 15.2. The quantitative estimate of drug-likeness (QED) is 0.344. The molecular weight excluding hydrogens is 404 g/mol. The molecule has 3 aromatic heterocycles. The minimum atomic E-state index is -0.00513. The number of carbonyl (C=O) groups excluding carboxylic acids is 1. The molecule has 0 radical (unpaired) electrons. The van der Waals surface area contributed by atoms with Gasteiger partial charge in [0.05, 0.1) is 21.6 Å². The summed E-state index contributed by atoms with van der Waals surface area (Å²) in [5, 5.41) is 4.81. The van der Waals surface area contributed by atoms with Gasteiger partial charge in [0.25, 0.3) is 0 Å². The fourth-order valence-corrected chi connectivity index (χ4v) is 4.77. The zero-order valence-electron chi connectivity index (χ0n) is 17.2. The first kappa shape index (κ1) is 19.5. The average Bonchev–Trinajstić information content (AvgIpc) is 3.35. The lowest BCUT2D eigenvalue weighted by atomic mass is 10.0. The fourth-order valence-electron chi connectivity index (χ4n) is 3.88. The van der Waals surface area contributed by atoms with Crippen LogP contribution >= 0.6 is 11.3 Å². The molecule has 2 N–H and O–H groups in total. The molecule has 0 aliphatic rings. The van der Waals surface area contributed by atoms with Crippen molar-refractivity contribution in [2.45, 2.75) is 26.2 Å². The summed E-state index contributed by atoms with van der Waals surface area (Å²) >= 11 is 1.50. The van der Waals surface area contributed by atoms with Crippen LogP contribution in [-0.2, 0) is 11.2 Å². The number of aromatic amines is 1. The Morgan fingerprint density at radius 1 is 1.10 bits per heavy atom. The molecule has 0 spiro atoms. The Kier molecular flexibility index (Phi) is 5.22. The summed E-state index contributed by atoms with van der Waals surface area (Å²) in [5.41, 5.74) is 6.40. The largest absolute Gasteiger partial charge is 0.353 e. The number of nitrogens with zero attached hydrogens (tertiary/aromatic N) is 2. The predicted octanol–water partition coefficient (Wildman–Crippen LogP) is 6.11. The highest BCUT2D eigenvalue weighted by molar-refractivity contribution is 7.22. The molecule has 0 aliphatic carbocycles. The van der Waals surface area contributed by atoms with Crippen molar-refractivity contribution in [2.24, 2.45) is 0 Å². The van der Waals surface area contributed by atoms with Gasteiger partial charge in [-0.3, -0.25) is 9.78 Å². The summed E-state index contributed by atoms with van der Waals surface area (Å²) in [6, 6.07) is 20.3. The van der Waals surface area contributed by atoms with Crippen LogP contribution in [0.25, 0.3) is 32.5 Å². The second kappa shape index (κ2) is 8.32. The Bertz CT molecular complexity index is 1340. The maximum atomic E-state index is 12.5. The molecule has 0 saturated heterocycles. The van der Waals surface area contributed by atoms with Gasteiger partial charge in [0, 0.05) is 23.5 Å². The number of hydrogen-bond acceptors (Lipinski definition) is 4. The molecular formula is C25H22N4OS. The zero-order chi connectivity index (χ0) is 21.2. The number of thiazole rings is 1. The molecule has 31 heavy (non-hydrogen) atoms. The topological polar surface area (TPSA) is 70.7 Å². The smallest absolute Gasteiger partial charge is 0.226 e. The van der Waals surface area contributed by atoms with Crippen molar-refractivity contribution in [2.75, 3.05) is 5.32 Å². The number of aryl methyl sites for hydroxylation is 2. The summed E-state index contributed by atoms with van der Waals surface area (Å²) in [7, 11) is 0. The van der Waals surface area contributed by atoms with Gasteiger partial charge < -0.3 is 10.3 Å². The molecule has 5 aromatic rings. The number of nitrogens with one attached hydrogen (secondary N) is 2. The van der Waals surface area contributed by atoms with Crippen LogP contribution in [0.2, 0.25) is 0 Å². The number of aromatic nitrogens is 3. The van der Waals surface area contributed by atoms with Crippen molar-refractivity contribution in [3.8, 4) is 11.4 Å². The van der Waals surface area contributed by atoms with Crippen LogP contribution in [0.1, 0.15) is 24.0 Å². The van der Waals surface area contributed by atoms with Gasteiger partial charge in [-0.25, -0.2) is 4.98 Å². The molecule has 1 amide bonds.